The molecule has 0 saturated heterocycles. The van der Waals surface area contributed by atoms with Crippen molar-refractivity contribution in [3.05, 3.63) is 57.8 Å². The Morgan fingerprint density at radius 3 is 2.57 bits per heavy atom. The van der Waals surface area contributed by atoms with Crippen molar-refractivity contribution in [2.75, 3.05) is 7.05 Å². The molecule has 0 heterocycles. The molecule has 1 aromatic rings. The van der Waals surface area contributed by atoms with E-state index in [2.05, 4.69) is 11.9 Å². The number of hydrogen-bond donors (Lipinski definition) is 1. The van der Waals surface area contributed by atoms with Crippen LogP contribution in [0.5, 0.6) is 0 Å². The number of carbonyl (C=O) groups is 1. The molecule has 0 saturated carbocycles. The summed E-state index contributed by atoms with van der Waals surface area (Å²) in [4.78, 5) is 15.5. The van der Waals surface area contributed by atoms with E-state index in [4.69, 9.17) is 17.3 Å². The zero-order valence-electron chi connectivity index (χ0n) is 12.3. The molecular weight excluding hydrogens is 284 g/mol. The maximum Gasteiger partial charge on any atom is 0.147 e. The van der Waals surface area contributed by atoms with Crippen LogP contribution in [0.15, 0.2) is 57.2 Å². The fourth-order valence-corrected chi connectivity index (χ4v) is 2.97. The second-order valence-corrected chi connectivity index (χ2v) is 5.48. The van der Waals surface area contributed by atoms with Gasteiger partial charge in [0.1, 0.15) is 6.29 Å². The molecule has 1 aromatic carbocycles. The fraction of sp³-hybridized carbons (Fsp3) is 0.294. The lowest BCUT2D eigenvalue weighted by molar-refractivity contribution is -0.105. The number of allylic oxidation sites excluding steroid dienone is 4. The molecule has 1 aliphatic rings. The Morgan fingerprint density at radius 1 is 1.33 bits per heavy atom. The van der Waals surface area contributed by atoms with Crippen molar-refractivity contribution < 1.29 is 4.79 Å². The number of aliphatic imine (C=N–C) groups is 1. The number of nitrogens with zero attached hydrogens (tertiary/aromatic N) is 1. The van der Waals surface area contributed by atoms with E-state index in [1.807, 2.05) is 30.3 Å². The Morgan fingerprint density at radius 2 is 2.00 bits per heavy atom. The fourth-order valence-electron chi connectivity index (χ4n) is 2.61. The lowest BCUT2D eigenvalue weighted by Crippen LogP contribution is -2.21. The predicted molar refractivity (Wildman–Crippen MR) is 87.6 cm³/mol. The van der Waals surface area contributed by atoms with Gasteiger partial charge < -0.3 is 5.73 Å². The Hall–Kier alpha value is -1.87. The van der Waals surface area contributed by atoms with Gasteiger partial charge >= 0.3 is 0 Å². The molecule has 0 fully saturated rings. The van der Waals surface area contributed by atoms with Gasteiger partial charge in [0.2, 0.25) is 0 Å². The normalized spacial score (nSPS) is 18.0. The molecule has 0 aromatic heterocycles. The van der Waals surface area contributed by atoms with Crippen molar-refractivity contribution in [2.24, 2.45) is 10.7 Å². The third-order valence-electron chi connectivity index (χ3n) is 3.84. The van der Waals surface area contributed by atoms with Crippen molar-refractivity contribution in [1.29, 1.82) is 0 Å². The van der Waals surface area contributed by atoms with Gasteiger partial charge in [-0.2, -0.15) is 0 Å². The largest absolute Gasteiger partial charge is 0.401 e. The van der Waals surface area contributed by atoms with Gasteiger partial charge in [-0.3, -0.25) is 9.79 Å². The summed E-state index contributed by atoms with van der Waals surface area (Å²) in [5, 5.41) is 0.442. The van der Waals surface area contributed by atoms with Crippen LogP contribution in [0.25, 0.3) is 0 Å². The Balaban J connectivity index is 2.47. The molecule has 0 aliphatic heterocycles. The highest BCUT2D eigenvalue weighted by atomic mass is 35.5. The molecule has 2 rings (SSSR count). The maximum atomic E-state index is 11.1. The van der Waals surface area contributed by atoms with Gasteiger partial charge in [0, 0.05) is 29.8 Å². The minimum atomic E-state index is 0.0597. The highest BCUT2D eigenvalue weighted by molar-refractivity contribution is 6.38. The summed E-state index contributed by atoms with van der Waals surface area (Å²) < 4.78 is 0. The number of rotatable bonds is 4. The summed E-state index contributed by atoms with van der Waals surface area (Å²) >= 11 is 6.38. The van der Waals surface area contributed by atoms with E-state index in [1.165, 1.54) is 0 Å². The predicted octanol–water partition coefficient (Wildman–Crippen LogP) is 3.56. The van der Waals surface area contributed by atoms with Gasteiger partial charge in [-0.1, -0.05) is 48.9 Å². The third-order valence-corrected chi connectivity index (χ3v) is 4.27. The van der Waals surface area contributed by atoms with Crippen molar-refractivity contribution in [3.8, 4) is 0 Å². The van der Waals surface area contributed by atoms with Gasteiger partial charge in [-0.15, -0.1) is 0 Å². The zero-order valence-corrected chi connectivity index (χ0v) is 13.0. The smallest absolute Gasteiger partial charge is 0.147 e. The number of benzene rings is 1. The van der Waals surface area contributed by atoms with E-state index in [0.29, 0.717) is 29.1 Å². The van der Waals surface area contributed by atoms with Crippen LogP contribution in [0.4, 0.5) is 0 Å². The van der Waals surface area contributed by atoms with E-state index in [-0.39, 0.29) is 5.92 Å². The maximum absolute atomic E-state index is 11.1. The zero-order chi connectivity index (χ0) is 15.4. The molecule has 3 nitrogen and oxygen atoms in total. The van der Waals surface area contributed by atoms with Gasteiger partial charge in [-0.05, 0) is 18.4 Å². The number of aldehydes is 1. The van der Waals surface area contributed by atoms with Crippen molar-refractivity contribution in [3.63, 3.8) is 0 Å². The summed E-state index contributed by atoms with van der Waals surface area (Å²) in [6.45, 7) is 2.07. The minimum Gasteiger partial charge on any atom is -0.401 e. The SMILES string of the molecule is CN=C(C1=C(N)CCC(C=O)=C1Cl)C(C)c1ccccc1. The monoisotopic (exact) mass is 302 g/mol. The molecule has 2 N–H and O–H groups in total. The summed E-state index contributed by atoms with van der Waals surface area (Å²) in [5.74, 6) is 0.0597. The van der Waals surface area contributed by atoms with E-state index >= 15 is 0 Å². The van der Waals surface area contributed by atoms with Gasteiger partial charge in [0.25, 0.3) is 0 Å². The molecule has 1 aliphatic carbocycles. The topological polar surface area (TPSA) is 55.4 Å². The lowest BCUT2D eigenvalue weighted by Gasteiger charge is -2.23. The van der Waals surface area contributed by atoms with Gasteiger partial charge in [0.05, 0.1) is 10.7 Å². The summed E-state index contributed by atoms with van der Waals surface area (Å²) in [7, 11) is 1.73. The number of carbonyl (C=O) groups excluding carboxylic acids is 1. The highest BCUT2D eigenvalue weighted by Crippen LogP contribution is 2.34. The standard InChI is InChI=1S/C17H19ClN2O/c1-11(12-6-4-3-5-7-12)17(20-2)15-14(19)9-8-13(10-21)16(15)18/h3-7,10-11H,8-9,19H2,1-2H3. The first-order valence-electron chi connectivity index (χ1n) is 6.95. The number of hydrogen-bond acceptors (Lipinski definition) is 3. The van der Waals surface area contributed by atoms with E-state index < -0.39 is 0 Å². The van der Waals surface area contributed by atoms with E-state index in [1.54, 1.807) is 7.05 Å². The first-order chi connectivity index (χ1) is 10.1. The summed E-state index contributed by atoms with van der Waals surface area (Å²) in [6.07, 6.45) is 2.05. The average Bonchev–Trinajstić information content (AvgIpc) is 2.52. The van der Waals surface area contributed by atoms with Crippen LogP contribution in [0, 0.1) is 0 Å². The van der Waals surface area contributed by atoms with Crippen LogP contribution < -0.4 is 5.73 Å². The van der Waals surface area contributed by atoms with Crippen LogP contribution in [0.1, 0.15) is 31.2 Å². The molecule has 0 bridgehead atoms. The average molecular weight is 303 g/mol. The van der Waals surface area contributed by atoms with Gasteiger partial charge in [0.15, 0.2) is 0 Å². The molecular formula is C17H19ClN2O. The minimum absolute atomic E-state index is 0.0597. The second kappa shape index (κ2) is 6.72. The van der Waals surface area contributed by atoms with Crippen LogP contribution in [-0.4, -0.2) is 19.0 Å². The first-order valence-corrected chi connectivity index (χ1v) is 7.32. The highest BCUT2D eigenvalue weighted by Gasteiger charge is 2.26. The first kappa shape index (κ1) is 15.5. The molecule has 110 valence electrons. The molecule has 0 spiro atoms. The third kappa shape index (κ3) is 3.08. The van der Waals surface area contributed by atoms with Crippen molar-refractivity contribution >= 4 is 23.6 Å². The van der Waals surface area contributed by atoms with Crippen LogP contribution in [0.2, 0.25) is 0 Å². The molecule has 0 radical (unpaired) electrons. The summed E-state index contributed by atoms with van der Waals surface area (Å²) in [6, 6.07) is 10.1. The van der Waals surface area contributed by atoms with Crippen LogP contribution in [0.3, 0.4) is 0 Å². The molecule has 4 heteroatoms. The Labute approximate surface area is 130 Å². The molecule has 0 amide bonds. The van der Waals surface area contributed by atoms with Crippen LogP contribution >= 0.6 is 11.6 Å². The summed E-state index contributed by atoms with van der Waals surface area (Å²) in [5.41, 5.74) is 10.1. The van der Waals surface area contributed by atoms with Crippen molar-refractivity contribution in [1.82, 2.24) is 0 Å². The molecule has 21 heavy (non-hydrogen) atoms. The van der Waals surface area contributed by atoms with Crippen molar-refractivity contribution in [2.45, 2.75) is 25.7 Å². The number of nitrogens with two attached hydrogens (primary N) is 1. The van der Waals surface area contributed by atoms with E-state index in [9.17, 15) is 4.79 Å². The lowest BCUT2D eigenvalue weighted by atomic mass is 9.86. The van der Waals surface area contributed by atoms with E-state index in [0.717, 1.165) is 23.1 Å². The second-order valence-electron chi connectivity index (χ2n) is 5.10. The quantitative estimate of drug-likeness (QED) is 0.683. The Bertz CT molecular complexity index is 629. The molecule has 1 atom stereocenters. The number of halogens is 1. The van der Waals surface area contributed by atoms with Crippen LogP contribution in [-0.2, 0) is 4.79 Å². The Kier molecular flexibility index (Phi) is 4.97. The molecule has 1 unspecified atom stereocenters. The van der Waals surface area contributed by atoms with Gasteiger partial charge in [-0.25, -0.2) is 0 Å².